The van der Waals surface area contributed by atoms with E-state index in [1.54, 1.807) is 0 Å². The second-order valence-corrected chi connectivity index (χ2v) is 6.21. The van der Waals surface area contributed by atoms with Gasteiger partial charge in [-0.25, -0.2) is 0 Å². The van der Waals surface area contributed by atoms with Crippen molar-refractivity contribution in [3.63, 3.8) is 0 Å². The molecule has 2 aliphatic carbocycles. The van der Waals surface area contributed by atoms with Crippen LogP contribution in [0.1, 0.15) is 58.8 Å². The van der Waals surface area contributed by atoms with Crippen LogP contribution in [0.5, 0.6) is 0 Å². The maximum absolute atomic E-state index is 11.5. The van der Waals surface area contributed by atoms with Crippen molar-refractivity contribution in [1.29, 1.82) is 0 Å². The van der Waals surface area contributed by atoms with Crippen LogP contribution in [0.4, 0.5) is 0 Å². The molecule has 2 atom stereocenters. The molecule has 0 aromatic rings. The number of aliphatic carboxylic acids is 1. The first kappa shape index (κ1) is 13.9. The van der Waals surface area contributed by atoms with Gasteiger partial charge in [-0.2, -0.15) is 0 Å². The zero-order valence-electron chi connectivity index (χ0n) is 11.7. The fourth-order valence-electron chi connectivity index (χ4n) is 3.54. The highest BCUT2D eigenvalue weighted by Gasteiger charge is 2.41. The zero-order valence-corrected chi connectivity index (χ0v) is 11.7. The molecule has 2 unspecified atom stereocenters. The lowest BCUT2D eigenvalue weighted by Crippen LogP contribution is -2.45. The van der Waals surface area contributed by atoms with E-state index >= 15 is 0 Å². The normalized spacial score (nSPS) is 28.6. The summed E-state index contributed by atoms with van der Waals surface area (Å²) in [6.45, 7) is 4.63. The molecule has 3 nitrogen and oxygen atoms in total. The molecule has 0 radical (unpaired) electrons. The Hall–Kier alpha value is -0.570. The minimum atomic E-state index is -0.638. The van der Waals surface area contributed by atoms with Crippen LogP contribution in [0.3, 0.4) is 0 Å². The van der Waals surface area contributed by atoms with Crippen LogP contribution in [0.25, 0.3) is 0 Å². The largest absolute Gasteiger partial charge is 0.481 e. The summed E-state index contributed by atoms with van der Waals surface area (Å²) in [6, 6.07) is 0.578. The Morgan fingerprint density at radius 3 is 2.39 bits per heavy atom. The van der Waals surface area contributed by atoms with E-state index < -0.39 is 11.4 Å². The topological polar surface area (TPSA) is 49.3 Å². The van der Waals surface area contributed by atoms with Crippen LogP contribution in [-0.2, 0) is 4.79 Å². The monoisotopic (exact) mass is 253 g/mol. The molecule has 2 N–H and O–H groups in total. The molecule has 0 bridgehead atoms. The molecule has 2 fully saturated rings. The molecule has 18 heavy (non-hydrogen) atoms. The van der Waals surface area contributed by atoms with Gasteiger partial charge in [0.25, 0.3) is 0 Å². The van der Waals surface area contributed by atoms with Crippen LogP contribution in [0, 0.1) is 17.3 Å². The summed E-state index contributed by atoms with van der Waals surface area (Å²) < 4.78 is 0. The van der Waals surface area contributed by atoms with Gasteiger partial charge in [-0.05, 0) is 50.4 Å². The van der Waals surface area contributed by atoms with Crippen molar-refractivity contribution in [3.8, 4) is 0 Å². The molecule has 0 heterocycles. The standard InChI is InChI=1S/C15H27NO2/c1-3-15(4-2,14(17)18)10-16-13-7-5-6-12(13)11-8-9-11/h11-13,16H,3-10H2,1-2H3,(H,17,18). The van der Waals surface area contributed by atoms with Gasteiger partial charge in [0.05, 0.1) is 5.41 Å². The molecule has 3 heteroatoms. The Labute approximate surface area is 110 Å². The summed E-state index contributed by atoms with van der Waals surface area (Å²) in [4.78, 5) is 11.5. The van der Waals surface area contributed by atoms with Crippen LogP contribution in [0.15, 0.2) is 0 Å². The summed E-state index contributed by atoms with van der Waals surface area (Å²) in [5, 5.41) is 13.0. The number of hydrogen-bond donors (Lipinski definition) is 2. The maximum Gasteiger partial charge on any atom is 0.310 e. The Morgan fingerprint density at radius 2 is 1.89 bits per heavy atom. The smallest absolute Gasteiger partial charge is 0.310 e. The minimum Gasteiger partial charge on any atom is -0.481 e. The number of hydrogen-bond acceptors (Lipinski definition) is 2. The van der Waals surface area contributed by atoms with E-state index in [4.69, 9.17) is 0 Å². The first-order valence-electron chi connectivity index (χ1n) is 7.59. The highest BCUT2D eigenvalue weighted by atomic mass is 16.4. The first-order chi connectivity index (χ1) is 8.63. The predicted octanol–water partition coefficient (Wildman–Crippen LogP) is 3.05. The second kappa shape index (κ2) is 5.60. The van der Waals surface area contributed by atoms with Crippen molar-refractivity contribution >= 4 is 5.97 Å². The van der Waals surface area contributed by atoms with E-state index in [2.05, 4.69) is 5.32 Å². The third-order valence-corrected chi connectivity index (χ3v) is 5.31. The highest BCUT2D eigenvalue weighted by molar-refractivity contribution is 5.74. The van der Waals surface area contributed by atoms with Gasteiger partial charge in [-0.15, -0.1) is 0 Å². The quantitative estimate of drug-likeness (QED) is 0.733. The van der Waals surface area contributed by atoms with Gasteiger partial charge in [0.15, 0.2) is 0 Å². The van der Waals surface area contributed by atoms with Crippen LogP contribution in [-0.4, -0.2) is 23.7 Å². The second-order valence-electron chi connectivity index (χ2n) is 6.21. The fourth-order valence-corrected chi connectivity index (χ4v) is 3.54. The molecule has 2 aliphatic rings. The Bertz CT molecular complexity index is 295. The molecule has 2 saturated carbocycles. The Morgan fingerprint density at radius 1 is 1.22 bits per heavy atom. The minimum absolute atomic E-state index is 0.559. The Balaban J connectivity index is 1.90. The van der Waals surface area contributed by atoms with Crippen LogP contribution >= 0.6 is 0 Å². The van der Waals surface area contributed by atoms with Crippen LogP contribution < -0.4 is 5.32 Å². The lowest BCUT2D eigenvalue weighted by Gasteiger charge is -2.30. The van der Waals surface area contributed by atoms with E-state index in [9.17, 15) is 9.90 Å². The third-order valence-electron chi connectivity index (χ3n) is 5.31. The molecule has 0 aromatic heterocycles. The lowest BCUT2D eigenvalue weighted by molar-refractivity contribution is -0.149. The van der Waals surface area contributed by atoms with Gasteiger partial charge in [-0.1, -0.05) is 20.3 Å². The molecule has 104 valence electrons. The van der Waals surface area contributed by atoms with Gasteiger partial charge in [0, 0.05) is 12.6 Å². The van der Waals surface area contributed by atoms with Crippen molar-refractivity contribution in [1.82, 2.24) is 5.32 Å². The van der Waals surface area contributed by atoms with E-state index in [0.29, 0.717) is 25.4 Å². The summed E-state index contributed by atoms with van der Waals surface area (Å²) in [5.41, 5.74) is -0.559. The van der Waals surface area contributed by atoms with Crippen molar-refractivity contribution < 1.29 is 9.90 Å². The van der Waals surface area contributed by atoms with Crippen molar-refractivity contribution in [3.05, 3.63) is 0 Å². The van der Waals surface area contributed by atoms with Crippen LogP contribution in [0.2, 0.25) is 0 Å². The lowest BCUT2D eigenvalue weighted by atomic mass is 9.82. The third kappa shape index (κ3) is 2.71. The number of carbonyl (C=O) groups is 1. The van der Waals surface area contributed by atoms with E-state index in [1.165, 1.54) is 32.1 Å². The molecular formula is C15H27NO2. The maximum atomic E-state index is 11.5. The SMILES string of the molecule is CCC(CC)(CNC1CCCC1C1CC1)C(=O)O. The van der Waals surface area contributed by atoms with Crippen molar-refractivity contribution in [2.24, 2.45) is 17.3 Å². The van der Waals surface area contributed by atoms with Gasteiger partial charge in [0.2, 0.25) is 0 Å². The van der Waals surface area contributed by atoms with Gasteiger partial charge >= 0.3 is 5.97 Å². The first-order valence-corrected chi connectivity index (χ1v) is 7.59. The molecule has 0 spiro atoms. The van der Waals surface area contributed by atoms with Gasteiger partial charge < -0.3 is 10.4 Å². The van der Waals surface area contributed by atoms with Gasteiger partial charge in [0.1, 0.15) is 0 Å². The van der Waals surface area contributed by atoms with E-state index in [1.807, 2.05) is 13.8 Å². The molecule has 0 amide bonds. The number of carboxylic acids is 1. The van der Waals surface area contributed by atoms with Gasteiger partial charge in [-0.3, -0.25) is 4.79 Å². The summed E-state index contributed by atoms with van der Waals surface area (Å²) in [7, 11) is 0. The summed E-state index contributed by atoms with van der Waals surface area (Å²) >= 11 is 0. The number of carboxylic acid groups (broad SMARTS) is 1. The predicted molar refractivity (Wildman–Crippen MR) is 72.5 cm³/mol. The summed E-state index contributed by atoms with van der Waals surface area (Å²) in [6.07, 6.45) is 8.13. The zero-order chi connectivity index (χ0) is 13.2. The fraction of sp³-hybridized carbons (Fsp3) is 0.933. The van der Waals surface area contributed by atoms with Crippen molar-refractivity contribution in [2.75, 3.05) is 6.54 Å². The molecule has 0 saturated heterocycles. The number of nitrogens with one attached hydrogen (secondary N) is 1. The molecular weight excluding hydrogens is 226 g/mol. The average Bonchev–Trinajstić information content (AvgIpc) is 3.10. The molecule has 0 aromatic carbocycles. The van der Waals surface area contributed by atoms with E-state index in [-0.39, 0.29) is 0 Å². The average molecular weight is 253 g/mol. The number of rotatable bonds is 7. The van der Waals surface area contributed by atoms with Crippen molar-refractivity contribution in [2.45, 2.75) is 64.8 Å². The molecule has 2 rings (SSSR count). The van der Waals surface area contributed by atoms with E-state index in [0.717, 1.165) is 11.8 Å². The summed E-state index contributed by atoms with van der Waals surface area (Å²) in [5.74, 6) is 1.12. The molecule has 0 aliphatic heterocycles. The Kier molecular flexibility index (Phi) is 4.31. The highest BCUT2D eigenvalue weighted by Crippen LogP contribution is 2.45.